The molecule has 0 saturated heterocycles. The minimum absolute atomic E-state index is 0.370. The second-order valence-corrected chi connectivity index (χ2v) is 5.29. The molecule has 0 fully saturated rings. The molecule has 0 spiro atoms. The predicted octanol–water partition coefficient (Wildman–Crippen LogP) is 4.42. The fraction of sp³-hybridized carbons (Fsp3) is 0.125. The number of aromatic nitrogens is 1. The van der Waals surface area contributed by atoms with Crippen LogP contribution in [-0.2, 0) is 6.54 Å². The maximum Gasteiger partial charge on any atom is 0.148 e. The molecule has 0 aliphatic rings. The monoisotopic (exact) mass is 303 g/mol. The Bertz CT molecular complexity index is 782. The molecule has 0 amide bonds. The van der Waals surface area contributed by atoms with Gasteiger partial charge in [0.05, 0.1) is 5.69 Å². The highest BCUT2D eigenvalue weighted by Gasteiger charge is 2.06. The van der Waals surface area contributed by atoms with Crippen LogP contribution in [0.15, 0.2) is 42.6 Å². The number of halogens is 2. The van der Waals surface area contributed by atoms with Gasteiger partial charge < -0.3 is 15.6 Å². The lowest BCUT2D eigenvalue weighted by Gasteiger charge is -2.08. The molecule has 0 unspecified atom stereocenters. The molecular weight excluding hydrogens is 289 g/mol. The van der Waals surface area contributed by atoms with Crippen LogP contribution in [0.2, 0.25) is 5.02 Å². The van der Waals surface area contributed by atoms with Gasteiger partial charge in [0.25, 0.3) is 0 Å². The van der Waals surface area contributed by atoms with E-state index in [-0.39, 0.29) is 5.82 Å². The van der Waals surface area contributed by atoms with Crippen LogP contribution >= 0.6 is 11.6 Å². The molecule has 3 aromatic rings. The van der Waals surface area contributed by atoms with Crippen LogP contribution < -0.4 is 10.6 Å². The molecule has 0 aliphatic carbocycles. The fourth-order valence-electron chi connectivity index (χ4n) is 2.35. The predicted molar refractivity (Wildman–Crippen MR) is 85.8 cm³/mol. The summed E-state index contributed by atoms with van der Waals surface area (Å²) in [6.45, 7) is 0.804. The molecule has 5 heteroatoms. The minimum Gasteiger partial charge on any atom is -0.361 e. The molecule has 21 heavy (non-hydrogen) atoms. The summed E-state index contributed by atoms with van der Waals surface area (Å²) in [5, 5.41) is 7.74. The lowest BCUT2D eigenvalue weighted by Crippen LogP contribution is -2.03. The SMILES string of the molecule is CNCc1c[nH]c2cc(Nc3ccc(Cl)cc3F)ccc12. The largest absolute Gasteiger partial charge is 0.361 e. The maximum atomic E-state index is 13.8. The zero-order chi connectivity index (χ0) is 14.8. The van der Waals surface area contributed by atoms with Crippen LogP contribution in [0.25, 0.3) is 10.9 Å². The lowest BCUT2D eigenvalue weighted by molar-refractivity contribution is 0.632. The van der Waals surface area contributed by atoms with Crippen molar-refractivity contribution >= 4 is 33.9 Å². The van der Waals surface area contributed by atoms with Gasteiger partial charge in [0, 0.05) is 34.4 Å². The first-order valence-electron chi connectivity index (χ1n) is 6.64. The lowest BCUT2D eigenvalue weighted by atomic mass is 10.1. The standard InChI is InChI=1S/C16H15ClFN3/c1-19-8-10-9-20-16-7-12(3-4-13(10)16)21-15-5-2-11(17)6-14(15)18/h2-7,9,19-21H,8H2,1H3. The first-order chi connectivity index (χ1) is 10.2. The molecule has 2 aromatic carbocycles. The fourth-order valence-corrected chi connectivity index (χ4v) is 2.51. The number of hydrogen-bond donors (Lipinski definition) is 3. The minimum atomic E-state index is -0.370. The van der Waals surface area contributed by atoms with E-state index in [0.29, 0.717) is 10.7 Å². The van der Waals surface area contributed by atoms with E-state index < -0.39 is 0 Å². The van der Waals surface area contributed by atoms with Crippen LogP contribution in [0.5, 0.6) is 0 Å². The smallest absolute Gasteiger partial charge is 0.148 e. The van der Waals surface area contributed by atoms with Crippen molar-refractivity contribution in [2.75, 3.05) is 12.4 Å². The summed E-state index contributed by atoms with van der Waals surface area (Å²) in [6.07, 6.45) is 1.98. The molecule has 1 heterocycles. The Hall–Kier alpha value is -2.04. The number of rotatable bonds is 4. The molecule has 0 saturated carbocycles. The summed E-state index contributed by atoms with van der Waals surface area (Å²) in [7, 11) is 1.91. The van der Waals surface area contributed by atoms with E-state index in [1.54, 1.807) is 12.1 Å². The molecule has 0 atom stereocenters. The van der Waals surface area contributed by atoms with Gasteiger partial charge in [-0.1, -0.05) is 17.7 Å². The van der Waals surface area contributed by atoms with Crippen molar-refractivity contribution in [2.24, 2.45) is 0 Å². The van der Waals surface area contributed by atoms with Crippen LogP contribution in [0, 0.1) is 5.82 Å². The Labute approximate surface area is 127 Å². The first kappa shape index (κ1) is 13.9. The van der Waals surface area contributed by atoms with E-state index in [2.05, 4.69) is 15.6 Å². The van der Waals surface area contributed by atoms with Crippen molar-refractivity contribution in [2.45, 2.75) is 6.54 Å². The summed E-state index contributed by atoms with van der Waals surface area (Å²) in [4.78, 5) is 3.23. The quantitative estimate of drug-likeness (QED) is 0.667. The Morgan fingerprint density at radius 1 is 1.19 bits per heavy atom. The highest BCUT2D eigenvalue weighted by molar-refractivity contribution is 6.30. The van der Waals surface area contributed by atoms with Crippen molar-refractivity contribution in [1.29, 1.82) is 0 Å². The van der Waals surface area contributed by atoms with E-state index in [0.717, 1.165) is 23.1 Å². The Kier molecular flexibility index (Phi) is 3.82. The number of anilines is 2. The second-order valence-electron chi connectivity index (χ2n) is 4.85. The van der Waals surface area contributed by atoms with Crippen molar-refractivity contribution in [1.82, 2.24) is 10.3 Å². The van der Waals surface area contributed by atoms with Gasteiger partial charge in [0.15, 0.2) is 0 Å². The zero-order valence-electron chi connectivity index (χ0n) is 11.5. The van der Waals surface area contributed by atoms with Gasteiger partial charge in [-0.3, -0.25) is 0 Å². The van der Waals surface area contributed by atoms with E-state index in [1.165, 1.54) is 11.6 Å². The third-order valence-electron chi connectivity index (χ3n) is 3.34. The molecule has 0 aliphatic heterocycles. The molecule has 3 N–H and O–H groups in total. The van der Waals surface area contributed by atoms with Gasteiger partial charge in [0.2, 0.25) is 0 Å². The summed E-state index contributed by atoms with van der Waals surface area (Å²) in [5.41, 5.74) is 3.44. The van der Waals surface area contributed by atoms with Gasteiger partial charge in [0.1, 0.15) is 5.82 Å². The number of hydrogen-bond acceptors (Lipinski definition) is 2. The number of aromatic amines is 1. The normalized spacial score (nSPS) is 11.0. The zero-order valence-corrected chi connectivity index (χ0v) is 12.3. The van der Waals surface area contributed by atoms with Crippen molar-refractivity contribution < 1.29 is 4.39 Å². The number of nitrogens with one attached hydrogen (secondary N) is 3. The van der Waals surface area contributed by atoms with E-state index in [9.17, 15) is 4.39 Å². The summed E-state index contributed by atoms with van der Waals surface area (Å²) in [6, 6.07) is 10.5. The van der Waals surface area contributed by atoms with Gasteiger partial charge in [-0.2, -0.15) is 0 Å². The van der Waals surface area contributed by atoms with Crippen molar-refractivity contribution in [3.8, 4) is 0 Å². The molecule has 108 valence electrons. The van der Waals surface area contributed by atoms with Gasteiger partial charge in [-0.25, -0.2) is 4.39 Å². The molecule has 3 rings (SSSR count). The van der Waals surface area contributed by atoms with Crippen molar-refractivity contribution in [3.63, 3.8) is 0 Å². The average Bonchev–Trinajstić information content (AvgIpc) is 2.85. The Morgan fingerprint density at radius 3 is 2.81 bits per heavy atom. The topological polar surface area (TPSA) is 39.9 Å². The second kappa shape index (κ2) is 5.76. The summed E-state index contributed by atoms with van der Waals surface area (Å²) >= 11 is 5.75. The average molecular weight is 304 g/mol. The van der Waals surface area contributed by atoms with Crippen LogP contribution in [0.4, 0.5) is 15.8 Å². The summed E-state index contributed by atoms with van der Waals surface area (Å²) < 4.78 is 13.8. The molecule has 1 aromatic heterocycles. The third kappa shape index (κ3) is 2.86. The van der Waals surface area contributed by atoms with E-state index >= 15 is 0 Å². The number of H-pyrrole nitrogens is 1. The maximum absolute atomic E-state index is 13.8. The van der Waals surface area contributed by atoms with Gasteiger partial charge in [-0.15, -0.1) is 0 Å². The van der Waals surface area contributed by atoms with Gasteiger partial charge >= 0.3 is 0 Å². The van der Waals surface area contributed by atoms with Crippen molar-refractivity contribution in [3.05, 3.63) is 59.0 Å². The highest BCUT2D eigenvalue weighted by atomic mass is 35.5. The first-order valence-corrected chi connectivity index (χ1v) is 7.02. The van der Waals surface area contributed by atoms with E-state index in [4.69, 9.17) is 11.6 Å². The highest BCUT2D eigenvalue weighted by Crippen LogP contribution is 2.26. The van der Waals surface area contributed by atoms with Gasteiger partial charge in [-0.05, 0) is 42.9 Å². The Morgan fingerprint density at radius 2 is 2.05 bits per heavy atom. The van der Waals surface area contributed by atoms with Crippen LogP contribution in [0.1, 0.15) is 5.56 Å². The Balaban J connectivity index is 1.91. The number of fused-ring (bicyclic) bond motifs is 1. The molecule has 0 bridgehead atoms. The number of benzene rings is 2. The van der Waals surface area contributed by atoms with Crippen LogP contribution in [-0.4, -0.2) is 12.0 Å². The van der Waals surface area contributed by atoms with Crippen LogP contribution in [0.3, 0.4) is 0 Å². The molecular formula is C16H15ClFN3. The summed E-state index contributed by atoms with van der Waals surface area (Å²) in [5.74, 6) is -0.370. The third-order valence-corrected chi connectivity index (χ3v) is 3.58. The molecule has 0 radical (unpaired) electrons. The molecule has 3 nitrogen and oxygen atoms in total. The van der Waals surface area contributed by atoms with E-state index in [1.807, 2.05) is 31.4 Å².